The summed E-state index contributed by atoms with van der Waals surface area (Å²) in [5.41, 5.74) is 0.950. The van der Waals surface area contributed by atoms with Gasteiger partial charge in [0.2, 0.25) is 0 Å². The number of benzene rings is 1. The van der Waals surface area contributed by atoms with Crippen molar-refractivity contribution in [2.75, 3.05) is 65.9 Å². The van der Waals surface area contributed by atoms with E-state index in [0.717, 1.165) is 57.3 Å². The largest absolute Gasteiger partial charge is 0.490 e. The van der Waals surface area contributed by atoms with Gasteiger partial charge in [-0.1, -0.05) is 57.7 Å². The Balaban J connectivity index is 1.38. The van der Waals surface area contributed by atoms with Crippen LogP contribution in [0.3, 0.4) is 0 Å². The molecule has 2 N–H and O–H groups in total. The lowest BCUT2D eigenvalue weighted by atomic mass is 9.64. The quantitative estimate of drug-likeness (QED) is 0.0289. The molecule has 3 rings (SSSR count). The summed E-state index contributed by atoms with van der Waals surface area (Å²) in [4.78, 5) is 60.5. The molecular weight excluding hydrogens is 849 g/mol. The minimum Gasteiger partial charge on any atom is -0.490 e. The number of esters is 3. The lowest BCUT2D eigenvalue weighted by molar-refractivity contribution is -0.143. The van der Waals surface area contributed by atoms with E-state index in [1.54, 1.807) is 20.8 Å². The molecule has 2 fully saturated rings. The number of carbonyl (C=O) groups is 5. The zero-order valence-corrected chi connectivity index (χ0v) is 40.2. The van der Waals surface area contributed by atoms with Crippen molar-refractivity contribution in [2.24, 2.45) is 23.2 Å². The number of unbranched alkanes of at least 4 members (excludes halogenated alkanes) is 5. The number of carbonyl (C=O) groups excluding carboxylic acids is 5. The van der Waals surface area contributed by atoms with Crippen LogP contribution in [0, 0.1) is 23.2 Å². The second kappa shape index (κ2) is 31.2. The minimum absolute atomic E-state index is 0.0307. The second-order valence-corrected chi connectivity index (χ2v) is 18.3. The number of alkyl carbamates (subject to hydrolysis) is 2. The van der Waals surface area contributed by atoms with Crippen molar-refractivity contribution in [1.29, 1.82) is 0 Å². The van der Waals surface area contributed by atoms with Crippen LogP contribution >= 0.6 is 0 Å². The molecular formula is C51H78N2O13. The van der Waals surface area contributed by atoms with Gasteiger partial charge in [-0.05, 0) is 133 Å². The first kappa shape index (κ1) is 55.4. The highest BCUT2D eigenvalue weighted by Crippen LogP contribution is 2.53. The Morgan fingerprint density at radius 3 is 1.73 bits per heavy atom. The summed E-state index contributed by atoms with van der Waals surface area (Å²) in [5, 5.41) is 5.54. The van der Waals surface area contributed by atoms with Crippen LogP contribution in [0.2, 0.25) is 0 Å². The molecule has 0 aromatic heterocycles. The molecule has 0 radical (unpaired) electrons. The van der Waals surface area contributed by atoms with Gasteiger partial charge < -0.3 is 48.5 Å². The van der Waals surface area contributed by atoms with E-state index < -0.39 is 42.3 Å². The summed E-state index contributed by atoms with van der Waals surface area (Å²) in [6, 6.07) is 9.38. The zero-order valence-electron chi connectivity index (χ0n) is 40.2. The average Bonchev–Trinajstić information content (AvgIpc) is 4.14. The fourth-order valence-corrected chi connectivity index (χ4v) is 7.79. The SMILES string of the molecule is C=C(C)C(=O)OCCCCCNC(=O)OC(COCC1(C)CCC(CCCCOCC(COc2ccccc2)OC(=O)NCCCCCOC(=O)C(=C)C)C(C2CC2)C1)COC(=O)C(=C)C. The lowest BCUT2D eigenvalue weighted by Gasteiger charge is -2.43. The third-order valence-electron chi connectivity index (χ3n) is 11.7. The van der Waals surface area contributed by atoms with Gasteiger partial charge in [0.05, 0.1) is 33.0 Å². The molecule has 5 atom stereocenters. The fraction of sp³-hybridized carbons (Fsp3) is 0.667. The number of amides is 2. The normalized spacial score (nSPS) is 18.7. The number of nitrogens with one attached hydrogen (secondary N) is 2. The molecule has 0 saturated heterocycles. The first-order valence-electron chi connectivity index (χ1n) is 23.9. The van der Waals surface area contributed by atoms with Crippen molar-refractivity contribution in [3.8, 4) is 5.75 Å². The molecule has 5 unspecified atom stereocenters. The smallest absolute Gasteiger partial charge is 0.407 e. The van der Waals surface area contributed by atoms with E-state index in [1.807, 2.05) is 30.3 Å². The minimum atomic E-state index is -0.791. The van der Waals surface area contributed by atoms with Gasteiger partial charge in [-0.3, -0.25) is 0 Å². The maximum atomic E-state index is 12.7. The van der Waals surface area contributed by atoms with Crippen LogP contribution in [0.4, 0.5) is 9.59 Å². The second-order valence-electron chi connectivity index (χ2n) is 18.3. The molecule has 0 bridgehead atoms. The molecule has 370 valence electrons. The maximum Gasteiger partial charge on any atom is 0.407 e. The van der Waals surface area contributed by atoms with Gasteiger partial charge >= 0.3 is 30.1 Å². The molecule has 2 saturated carbocycles. The Labute approximate surface area is 393 Å². The van der Waals surface area contributed by atoms with Crippen molar-refractivity contribution < 1.29 is 61.9 Å². The average molecular weight is 927 g/mol. The Kier molecular flexibility index (Phi) is 26.2. The standard InChI is InChI=1S/C51H78N2O13/c1-37(2)46(54)61-29-16-9-14-26-52-49(57)65-43(34-63-42-20-11-8-12-21-42)32-59-28-18-13-19-40-24-25-51(7,31-45(40)41-22-23-41)36-60-33-44(35-64-48(56)39(5)6)66-50(58)53-27-15-10-17-30-62-47(55)38(3)4/h8,11-12,20-21,40-41,43-45H,1,3,5,9-10,13-19,22-36H2,2,4,6-7H3,(H,52,57)(H,53,58). The molecule has 1 aromatic rings. The first-order valence-corrected chi connectivity index (χ1v) is 23.9. The highest BCUT2D eigenvalue weighted by molar-refractivity contribution is 5.87. The van der Waals surface area contributed by atoms with E-state index in [0.29, 0.717) is 93.9 Å². The number of hydrogen-bond donors (Lipinski definition) is 2. The first-order chi connectivity index (χ1) is 31.7. The molecule has 2 amide bonds. The highest BCUT2D eigenvalue weighted by atomic mass is 16.6. The molecule has 66 heavy (non-hydrogen) atoms. The van der Waals surface area contributed by atoms with Gasteiger partial charge in [0.25, 0.3) is 0 Å². The summed E-state index contributed by atoms with van der Waals surface area (Å²) in [5.74, 6) is 1.29. The van der Waals surface area contributed by atoms with Crippen molar-refractivity contribution in [3.05, 3.63) is 66.8 Å². The molecule has 2 aliphatic carbocycles. The van der Waals surface area contributed by atoms with Crippen molar-refractivity contribution >= 4 is 30.1 Å². The zero-order chi connectivity index (χ0) is 48.2. The molecule has 0 spiro atoms. The summed E-state index contributed by atoms with van der Waals surface area (Å²) in [7, 11) is 0. The molecule has 0 heterocycles. The van der Waals surface area contributed by atoms with Crippen molar-refractivity contribution in [3.63, 3.8) is 0 Å². The van der Waals surface area contributed by atoms with Crippen LogP contribution in [0.5, 0.6) is 5.75 Å². The van der Waals surface area contributed by atoms with Crippen LogP contribution in [0.15, 0.2) is 66.8 Å². The van der Waals surface area contributed by atoms with Gasteiger partial charge in [0.1, 0.15) is 19.0 Å². The Bertz CT molecular complexity index is 1680. The van der Waals surface area contributed by atoms with Crippen LogP contribution in [0.25, 0.3) is 0 Å². The van der Waals surface area contributed by atoms with Gasteiger partial charge in [0, 0.05) is 36.4 Å². The lowest BCUT2D eigenvalue weighted by Crippen LogP contribution is -2.39. The van der Waals surface area contributed by atoms with Crippen molar-refractivity contribution in [2.45, 2.75) is 130 Å². The van der Waals surface area contributed by atoms with Gasteiger partial charge in [-0.15, -0.1) is 0 Å². The monoisotopic (exact) mass is 927 g/mol. The van der Waals surface area contributed by atoms with Crippen molar-refractivity contribution in [1.82, 2.24) is 10.6 Å². The molecule has 15 heteroatoms. The molecule has 15 nitrogen and oxygen atoms in total. The van der Waals surface area contributed by atoms with E-state index in [9.17, 15) is 24.0 Å². The third-order valence-corrected chi connectivity index (χ3v) is 11.7. The van der Waals surface area contributed by atoms with Crippen LogP contribution in [0.1, 0.15) is 118 Å². The predicted octanol–water partition coefficient (Wildman–Crippen LogP) is 8.99. The van der Waals surface area contributed by atoms with Gasteiger partial charge in [-0.25, -0.2) is 24.0 Å². The highest BCUT2D eigenvalue weighted by Gasteiger charge is 2.44. The van der Waals surface area contributed by atoms with E-state index in [-0.39, 0.29) is 37.4 Å². The predicted molar refractivity (Wildman–Crippen MR) is 251 cm³/mol. The molecule has 0 aliphatic heterocycles. The van der Waals surface area contributed by atoms with Crippen LogP contribution < -0.4 is 15.4 Å². The topological polar surface area (TPSA) is 183 Å². The Morgan fingerprint density at radius 2 is 1.17 bits per heavy atom. The van der Waals surface area contributed by atoms with E-state index >= 15 is 0 Å². The van der Waals surface area contributed by atoms with E-state index in [2.05, 4.69) is 37.3 Å². The third kappa shape index (κ3) is 24.0. The Morgan fingerprint density at radius 1 is 0.636 bits per heavy atom. The molecule has 2 aliphatic rings. The molecule has 1 aromatic carbocycles. The number of para-hydroxylation sites is 1. The number of rotatable bonds is 34. The Hall–Kier alpha value is -4.89. The number of ether oxygens (including phenoxy) is 8. The van der Waals surface area contributed by atoms with Gasteiger partial charge in [-0.2, -0.15) is 0 Å². The van der Waals surface area contributed by atoms with E-state index in [4.69, 9.17) is 37.9 Å². The number of hydrogen-bond acceptors (Lipinski definition) is 13. The van der Waals surface area contributed by atoms with Crippen LogP contribution in [-0.4, -0.2) is 108 Å². The van der Waals surface area contributed by atoms with Crippen LogP contribution in [-0.2, 0) is 47.5 Å². The van der Waals surface area contributed by atoms with Gasteiger partial charge in [0.15, 0.2) is 12.2 Å². The fourth-order valence-electron chi connectivity index (χ4n) is 7.79. The summed E-state index contributed by atoms with van der Waals surface area (Å²) >= 11 is 0. The summed E-state index contributed by atoms with van der Waals surface area (Å²) < 4.78 is 45.1. The summed E-state index contributed by atoms with van der Waals surface area (Å²) in [6.45, 7) is 20.6. The van der Waals surface area contributed by atoms with E-state index in [1.165, 1.54) is 12.8 Å². The summed E-state index contributed by atoms with van der Waals surface area (Å²) in [6.07, 6.45) is 10.5. The maximum absolute atomic E-state index is 12.7.